The third-order valence-corrected chi connectivity index (χ3v) is 4.42. The van der Waals surface area contributed by atoms with Crippen LogP contribution in [0.5, 0.6) is 0 Å². The molecular weight excluding hydrogens is 232 g/mol. The minimum atomic E-state index is -0.278. The van der Waals surface area contributed by atoms with Crippen LogP contribution in [-0.2, 0) is 0 Å². The van der Waals surface area contributed by atoms with E-state index in [1.54, 1.807) is 17.4 Å². The molecule has 1 aromatic carbocycles. The zero-order valence-corrected chi connectivity index (χ0v) is 10.8. The van der Waals surface area contributed by atoms with Crippen molar-refractivity contribution in [2.24, 2.45) is 0 Å². The van der Waals surface area contributed by atoms with Crippen molar-refractivity contribution in [3.8, 4) is 0 Å². The molecule has 2 nitrogen and oxygen atoms in total. The Morgan fingerprint density at radius 1 is 1.06 bits per heavy atom. The predicted molar refractivity (Wildman–Crippen MR) is 72.1 cm³/mol. The van der Waals surface area contributed by atoms with Gasteiger partial charge in [-0.3, -0.25) is 0 Å². The molecule has 0 N–H and O–H groups in total. The van der Waals surface area contributed by atoms with E-state index in [2.05, 4.69) is 19.9 Å². The first-order chi connectivity index (χ1) is 8.06. The maximum Gasteiger partial charge on any atom is 0.336 e. The smallest absolute Gasteiger partial charge is 0.336 e. The number of fused-ring (bicyclic) bond motifs is 2. The van der Waals surface area contributed by atoms with E-state index in [1.165, 1.54) is 20.5 Å². The number of thiophene rings is 1. The van der Waals surface area contributed by atoms with Gasteiger partial charge in [-0.15, -0.1) is 11.3 Å². The van der Waals surface area contributed by atoms with E-state index >= 15 is 0 Å². The molecule has 86 valence electrons. The molecule has 0 aliphatic rings. The SMILES string of the molecule is Cc1sc2cc3oc(=O)cc(C)c3cc2c1C. The summed E-state index contributed by atoms with van der Waals surface area (Å²) in [5.41, 5.74) is 2.70. The van der Waals surface area contributed by atoms with E-state index in [1.807, 2.05) is 13.0 Å². The van der Waals surface area contributed by atoms with Gasteiger partial charge >= 0.3 is 5.63 Å². The van der Waals surface area contributed by atoms with Gasteiger partial charge in [0.2, 0.25) is 0 Å². The van der Waals surface area contributed by atoms with Gasteiger partial charge in [0.1, 0.15) is 5.58 Å². The van der Waals surface area contributed by atoms with Crippen molar-refractivity contribution in [1.29, 1.82) is 0 Å². The Balaban J connectivity index is 2.56. The summed E-state index contributed by atoms with van der Waals surface area (Å²) in [7, 11) is 0. The molecule has 0 amide bonds. The summed E-state index contributed by atoms with van der Waals surface area (Å²) in [4.78, 5) is 12.7. The van der Waals surface area contributed by atoms with Crippen LogP contribution in [0.4, 0.5) is 0 Å². The molecule has 3 aromatic rings. The van der Waals surface area contributed by atoms with E-state index in [4.69, 9.17) is 4.42 Å². The van der Waals surface area contributed by atoms with Gasteiger partial charge in [-0.25, -0.2) is 4.79 Å². The molecule has 0 saturated carbocycles. The fourth-order valence-corrected chi connectivity index (χ4v) is 3.24. The molecular formula is C14H12O2S. The number of benzene rings is 1. The highest BCUT2D eigenvalue weighted by molar-refractivity contribution is 7.19. The van der Waals surface area contributed by atoms with Crippen LogP contribution in [0.3, 0.4) is 0 Å². The molecule has 2 heterocycles. The largest absolute Gasteiger partial charge is 0.423 e. The second-order valence-corrected chi connectivity index (χ2v) is 5.63. The quantitative estimate of drug-likeness (QED) is 0.561. The molecule has 0 unspecified atom stereocenters. The highest BCUT2D eigenvalue weighted by Crippen LogP contribution is 2.33. The Bertz CT molecular complexity index is 793. The van der Waals surface area contributed by atoms with E-state index in [0.717, 1.165) is 10.9 Å². The number of rotatable bonds is 0. The topological polar surface area (TPSA) is 30.2 Å². The average Bonchev–Trinajstić information content (AvgIpc) is 2.52. The van der Waals surface area contributed by atoms with Crippen LogP contribution in [0, 0.1) is 20.8 Å². The van der Waals surface area contributed by atoms with Crippen molar-refractivity contribution >= 4 is 32.4 Å². The van der Waals surface area contributed by atoms with E-state index in [9.17, 15) is 4.79 Å². The Labute approximate surface area is 102 Å². The standard InChI is InChI=1S/C14H12O2S/c1-7-4-14(15)16-12-6-13-11(5-10(7)12)8(2)9(3)17-13/h4-6H,1-3H3. The lowest BCUT2D eigenvalue weighted by Gasteiger charge is -2.01. The Morgan fingerprint density at radius 3 is 2.59 bits per heavy atom. The Hall–Kier alpha value is -1.61. The average molecular weight is 244 g/mol. The summed E-state index contributed by atoms with van der Waals surface area (Å²) < 4.78 is 6.43. The molecule has 0 aliphatic heterocycles. The lowest BCUT2D eigenvalue weighted by molar-refractivity contribution is 0.560. The van der Waals surface area contributed by atoms with Gasteiger partial charge in [-0.2, -0.15) is 0 Å². The van der Waals surface area contributed by atoms with Gasteiger partial charge in [0.05, 0.1) is 0 Å². The van der Waals surface area contributed by atoms with Crippen molar-refractivity contribution in [1.82, 2.24) is 0 Å². The van der Waals surface area contributed by atoms with Crippen LogP contribution in [-0.4, -0.2) is 0 Å². The summed E-state index contributed by atoms with van der Waals surface area (Å²) in [6.07, 6.45) is 0. The number of aryl methyl sites for hydroxylation is 3. The van der Waals surface area contributed by atoms with Crippen LogP contribution in [0.15, 0.2) is 27.4 Å². The third-order valence-electron chi connectivity index (χ3n) is 3.25. The predicted octanol–water partition coefficient (Wildman–Crippen LogP) is 3.93. The molecule has 3 heteroatoms. The monoisotopic (exact) mass is 244 g/mol. The molecule has 2 aromatic heterocycles. The Morgan fingerprint density at radius 2 is 1.82 bits per heavy atom. The van der Waals surface area contributed by atoms with Crippen molar-refractivity contribution < 1.29 is 4.42 Å². The first-order valence-electron chi connectivity index (χ1n) is 5.50. The second-order valence-electron chi connectivity index (χ2n) is 4.38. The first kappa shape index (κ1) is 10.5. The van der Waals surface area contributed by atoms with Crippen molar-refractivity contribution in [2.45, 2.75) is 20.8 Å². The Kier molecular flexibility index (Phi) is 2.13. The van der Waals surface area contributed by atoms with Gasteiger partial charge in [-0.05, 0) is 49.4 Å². The fraction of sp³-hybridized carbons (Fsp3) is 0.214. The molecule has 17 heavy (non-hydrogen) atoms. The zero-order valence-electron chi connectivity index (χ0n) is 9.96. The second kappa shape index (κ2) is 3.44. The van der Waals surface area contributed by atoms with Crippen LogP contribution in [0.2, 0.25) is 0 Å². The minimum absolute atomic E-state index is 0.278. The van der Waals surface area contributed by atoms with Gasteiger partial charge in [-0.1, -0.05) is 0 Å². The highest BCUT2D eigenvalue weighted by atomic mass is 32.1. The van der Waals surface area contributed by atoms with Crippen molar-refractivity contribution in [2.75, 3.05) is 0 Å². The van der Waals surface area contributed by atoms with Crippen LogP contribution < -0.4 is 5.63 Å². The summed E-state index contributed by atoms with van der Waals surface area (Å²) in [6, 6.07) is 5.65. The molecule has 0 radical (unpaired) electrons. The molecule has 0 fully saturated rings. The number of hydrogen-bond acceptors (Lipinski definition) is 3. The summed E-state index contributed by atoms with van der Waals surface area (Å²) in [5, 5.41) is 2.29. The van der Waals surface area contributed by atoms with Gasteiger partial charge < -0.3 is 4.42 Å². The zero-order chi connectivity index (χ0) is 12.2. The summed E-state index contributed by atoms with van der Waals surface area (Å²) >= 11 is 1.74. The van der Waals surface area contributed by atoms with Crippen LogP contribution in [0.1, 0.15) is 16.0 Å². The first-order valence-corrected chi connectivity index (χ1v) is 6.32. The maximum atomic E-state index is 11.3. The molecule has 0 bridgehead atoms. The molecule has 0 spiro atoms. The lowest BCUT2D eigenvalue weighted by Crippen LogP contribution is -1.97. The van der Waals surface area contributed by atoms with E-state index < -0.39 is 0 Å². The highest BCUT2D eigenvalue weighted by Gasteiger charge is 2.09. The molecule has 0 atom stereocenters. The number of hydrogen-bond donors (Lipinski definition) is 0. The third kappa shape index (κ3) is 1.50. The normalized spacial score (nSPS) is 11.5. The lowest BCUT2D eigenvalue weighted by atomic mass is 10.1. The van der Waals surface area contributed by atoms with E-state index in [-0.39, 0.29) is 5.63 Å². The van der Waals surface area contributed by atoms with Crippen molar-refractivity contribution in [3.63, 3.8) is 0 Å². The van der Waals surface area contributed by atoms with Gasteiger partial charge in [0.15, 0.2) is 0 Å². The summed E-state index contributed by atoms with van der Waals surface area (Å²) in [6.45, 7) is 6.20. The van der Waals surface area contributed by atoms with E-state index in [0.29, 0.717) is 5.58 Å². The van der Waals surface area contributed by atoms with Crippen molar-refractivity contribution in [3.05, 3.63) is 44.6 Å². The fourth-order valence-electron chi connectivity index (χ4n) is 2.15. The maximum absolute atomic E-state index is 11.3. The molecule has 0 saturated heterocycles. The van der Waals surface area contributed by atoms with Gasteiger partial charge in [0, 0.05) is 21.0 Å². The minimum Gasteiger partial charge on any atom is -0.423 e. The molecule has 3 rings (SSSR count). The summed E-state index contributed by atoms with van der Waals surface area (Å²) in [5.74, 6) is 0. The van der Waals surface area contributed by atoms with Gasteiger partial charge in [0.25, 0.3) is 0 Å². The van der Waals surface area contributed by atoms with Crippen LogP contribution in [0.25, 0.3) is 21.1 Å². The van der Waals surface area contributed by atoms with Crippen LogP contribution >= 0.6 is 11.3 Å². The molecule has 0 aliphatic carbocycles.